The molecule has 154 valence electrons. The Labute approximate surface area is 229 Å². The third kappa shape index (κ3) is 7.74. The fourth-order valence-electron chi connectivity index (χ4n) is 2.43. The van der Waals surface area contributed by atoms with Crippen molar-refractivity contribution in [3.05, 3.63) is 39.9 Å². The number of rotatable bonds is 8. The second kappa shape index (κ2) is 13.4. The van der Waals surface area contributed by atoms with Crippen LogP contribution in [0.15, 0.2) is 28.7 Å². The van der Waals surface area contributed by atoms with Crippen molar-refractivity contribution in [1.82, 2.24) is 0 Å². The number of phosphoric acid groups is 1. The summed E-state index contributed by atoms with van der Waals surface area (Å²) >= 11 is 3.20. The van der Waals surface area contributed by atoms with Crippen molar-refractivity contribution in [2.75, 3.05) is 28.4 Å². The van der Waals surface area contributed by atoms with Gasteiger partial charge in [0.05, 0.1) is 28.4 Å². The summed E-state index contributed by atoms with van der Waals surface area (Å²) in [4.78, 5) is 22.3. The van der Waals surface area contributed by atoms with E-state index in [0.29, 0.717) is 34.1 Å². The first kappa shape index (κ1) is 29.8. The maximum atomic E-state index is 11.1. The number of methoxy groups -OCH3 is 4. The smallest absolute Gasteiger partial charge is 1.00 e. The van der Waals surface area contributed by atoms with Crippen molar-refractivity contribution in [1.29, 1.82) is 0 Å². The molecule has 0 fully saturated rings. The summed E-state index contributed by atoms with van der Waals surface area (Å²) in [6.07, 6.45) is 3.25. The van der Waals surface area contributed by atoms with Gasteiger partial charge in [-0.3, -0.25) is 0 Å². The molecule has 0 aromatic heterocycles. The number of hydrogen-bond acceptors (Lipinski definition) is 8. The van der Waals surface area contributed by atoms with Gasteiger partial charge in [0, 0.05) is 5.56 Å². The minimum absolute atomic E-state index is 0. The fraction of sp³-hybridized carbons (Fsp3) is 0.222. The van der Waals surface area contributed by atoms with Crippen LogP contribution in [-0.4, -0.2) is 28.4 Å². The van der Waals surface area contributed by atoms with E-state index in [-0.39, 0.29) is 70.8 Å². The van der Waals surface area contributed by atoms with Crippen molar-refractivity contribution in [2.45, 2.75) is 0 Å². The number of halogens is 1. The quantitative estimate of drug-likeness (QED) is 0.206. The van der Waals surface area contributed by atoms with Gasteiger partial charge in [0.2, 0.25) is 5.75 Å². The third-order valence-electron chi connectivity index (χ3n) is 3.66. The van der Waals surface area contributed by atoms with Gasteiger partial charge in [-0.2, -0.15) is 0 Å². The van der Waals surface area contributed by atoms with Crippen LogP contribution in [0, 0.1) is 0 Å². The van der Waals surface area contributed by atoms with Crippen molar-refractivity contribution >= 4 is 35.9 Å². The Morgan fingerprint density at radius 3 is 1.83 bits per heavy atom. The second-order valence-electron chi connectivity index (χ2n) is 5.33. The van der Waals surface area contributed by atoms with E-state index in [0.717, 1.165) is 0 Å². The minimum atomic E-state index is -5.28. The number of phosphoric ester groups is 1. The van der Waals surface area contributed by atoms with Crippen LogP contribution in [0.5, 0.6) is 28.7 Å². The zero-order valence-corrected chi connectivity index (χ0v) is 24.0. The number of benzene rings is 2. The number of hydrogen-bond donors (Lipinski definition) is 0. The predicted octanol–water partition coefficient (Wildman–Crippen LogP) is -3.02. The molecule has 0 aliphatic heterocycles. The van der Waals surface area contributed by atoms with Crippen LogP contribution in [0.25, 0.3) is 12.2 Å². The molecule has 0 amide bonds. The second-order valence-corrected chi connectivity index (χ2v) is 7.20. The van der Waals surface area contributed by atoms with E-state index >= 15 is 0 Å². The Morgan fingerprint density at radius 1 is 0.867 bits per heavy atom. The summed E-state index contributed by atoms with van der Waals surface area (Å²) in [5, 5.41) is 0. The largest absolute Gasteiger partial charge is 1.00 e. The van der Waals surface area contributed by atoms with E-state index < -0.39 is 7.82 Å². The molecule has 0 spiro atoms. The van der Waals surface area contributed by atoms with Gasteiger partial charge in [-0.05, 0) is 45.8 Å². The normalized spacial score (nSPS) is 10.6. The molecule has 30 heavy (non-hydrogen) atoms. The Bertz CT molecular complexity index is 914. The molecule has 0 N–H and O–H groups in total. The van der Waals surface area contributed by atoms with Gasteiger partial charge in [0.25, 0.3) is 0 Å². The van der Waals surface area contributed by atoms with Crippen LogP contribution >= 0.6 is 23.8 Å². The van der Waals surface area contributed by atoms with Crippen molar-refractivity contribution < 1.29 is 98.4 Å². The molecule has 2 aromatic rings. The third-order valence-corrected chi connectivity index (χ3v) is 4.81. The summed E-state index contributed by atoms with van der Waals surface area (Å²) in [5.74, 6) is 1.50. The molecule has 0 radical (unpaired) electrons. The molecule has 0 saturated heterocycles. The average molecular weight is 520 g/mol. The molecule has 0 aliphatic carbocycles. The predicted molar refractivity (Wildman–Crippen MR) is 105 cm³/mol. The maximum Gasteiger partial charge on any atom is 1.00 e. The molecule has 0 bridgehead atoms. The molecule has 2 rings (SSSR count). The number of ether oxygens (including phenoxy) is 4. The minimum Gasteiger partial charge on any atom is -1.00 e. The van der Waals surface area contributed by atoms with Crippen LogP contribution in [0.1, 0.15) is 12.6 Å². The van der Waals surface area contributed by atoms with Gasteiger partial charge in [-0.1, -0.05) is 12.2 Å². The molecule has 2 aromatic carbocycles. The molecular weight excluding hydrogens is 501 g/mol. The van der Waals surface area contributed by atoms with Crippen molar-refractivity contribution in [2.24, 2.45) is 0 Å². The van der Waals surface area contributed by atoms with E-state index in [1.807, 2.05) is 0 Å². The average Bonchev–Trinajstić information content (AvgIpc) is 2.66. The molecule has 0 aliphatic rings. The Hall–Kier alpha value is -0.190. The van der Waals surface area contributed by atoms with Gasteiger partial charge in [0.1, 0.15) is 23.8 Å². The molecule has 0 heterocycles. The van der Waals surface area contributed by atoms with Gasteiger partial charge in [-0.25, -0.2) is 0 Å². The standard InChI is InChI=1S/C18H20BrO8P.2Na.H/c1-23-13-8-7-12(17(16(13)19)27-28(20,21)22)6-5-11-9-14(24-2)18(26-4)15(10-11)25-3;;;/h5-10H,1-4H3,(H2,20,21,22);;;/q;2*+1;-1/p-2/b6-5-;;;. The first-order valence-corrected chi connectivity index (χ1v) is 10.1. The van der Waals surface area contributed by atoms with E-state index in [9.17, 15) is 14.4 Å². The van der Waals surface area contributed by atoms with E-state index in [2.05, 4.69) is 20.5 Å². The molecule has 12 heteroatoms. The Balaban J connectivity index is 0. The SMILES string of the molecule is COc1ccc(/C=C\c2cc(OC)c(OC)c(OC)c2)c(OP(=O)([O-])[O-])c1Br.[H-].[Na+].[Na+]. The van der Waals surface area contributed by atoms with E-state index in [1.54, 1.807) is 36.4 Å². The summed E-state index contributed by atoms with van der Waals surface area (Å²) in [6, 6.07) is 6.58. The summed E-state index contributed by atoms with van der Waals surface area (Å²) in [5.41, 5.74) is 1.02. The summed E-state index contributed by atoms with van der Waals surface area (Å²) in [7, 11) is 0.620. The van der Waals surface area contributed by atoms with Crippen molar-refractivity contribution in [3.63, 3.8) is 0 Å². The van der Waals surface area contributed by atoms with Crippen LogP contribution in [0.2, 0.25) is 0 Å². The topological polar surface area (TPSA) is 109 Å². The van der Waals surface area contributed by atoms with Gasteiger partial charge in [0.15, 0.2) is 11.5 Å². The van der Waals surface area contributed by atoms with Crippen LogP contribution in [0.3, 0.4) is 0 Å². The summed E-state index contributed by atoms with van der Waals surface area (Å²) < 4.78 is 36.9. The van der Waals surface area contributed by atoms with Crippen molar-refractivity contribution in [3.8, 4) is 28.7 Å². The molecular formula is C18H19BrNa2O8P-. The van der Waals surface area contributed by atoms with E-state index in [4.69, 9.17) is 18.9 Å². The van der Waals surface area contributed by atoms with E-state index in [1.165, 1.54) is 28.4 Å². The monoisotopic (exact) mass is 519 g/mol. The Kier molecular flexibility index (Phi) is 13.3. The summed E-state index contributed by atoms with van der Waals surface area (Å²) in [6.45, 7) is 0. The molecule has 0 atom stereocenters. The zero-order valence-electron chi connectivity index (χ0n) is 18.6. The van der Waals surface area contributed by atoms with Gasteiger partial charge >= 0.3 is 59.1 Å². The van der Waals surface area contributed by atoms with Crippen LogP contribution in [-0.2, 0) is 4.57 Å². The first-order chi connectivity index (χ1) is 13.2. The zero-order chi connectivity index (χ0) is 20.9. The molecule has 0 saturated carbocycles. The fourth-order valence-corrected chi connectivity index (χ4v) is 3.58. The van der Waals surface area contributed by atoms with Gasteiger partial charge < -0.3 is 39.2 Å². The molecule has 8 nitrogen and oxygen atoms in total. The van der Waals surface area contributed by atoms with Gasteiger partial charge in [-0.15, -0.1) is 0 Å². The van der Waals surface area contributed by atoms with Crippen LogP contribution in [0.4, 0.5) is 0 Å². The molecule has 0 unspecified atom stereocenters. The Morgan fingerprint density at radius 2 is 1.40 bits per heavy atom. The first-order valence-electron chi connectivity index (χ1n) is 7.80. The van der Waals surface area contributed by atoms with Crippen LogP contribution < -0.4 is 92.4 Å². The maximum absolute atomic E-state index is 11.1.